The molecule has 1 heteroatoms. The predicted molar refractivity (Wildman–Crippen MR) is 244 cm³/mol. The van der Waals surface area contributed by atoms with Crippen molar-refractivity contribution in [2.45, 2.75) is 12.8 Å². The molecule has 12 aromatic rings. The fourth-order valence-corrected chi connectivity index (χ4v) is 10.3. The van der Waals surface area contributed by atoms with Crippen LogP contribution in [-0.4, -0.2) is 0 Å². The molecule has 1 aromatic heterocycles. The third-order valence-electron chi connectivity index (χ3n) is 12.9. The maximum Gasteiger partial charge on any atom is 0.135 e. The minimum absolute atomic E-state index is 0.958. The molecular formula is C56H34O. The van der Waals surface area contributed by atoms with Gasteiger partial charge in [0.25, 0.3) is 0 Å². The molecule has 0 aliphatic heterocycles. The van der Waals surface area contributed by atoms with Crippen molar-refractivity contribution >= 4 is 92.5 Å². The second-order valence-corrected chi connectivity index (χ2v) is 15.8. The Hall–Kier alpha value is -7.22. The van der Waals surface area contributed by atoms with Crippen LogP contribution in [0.5, 0.6) is 0 Å². The van der Waals surface area contributed by atoms with Gasteiger partial charge in [0.05, 0.1) is 0 Å². The van der Waals surface area contributed by atoms with Gasteiger partial charge in [0.1, 0.15) is 11.3 Å². The molecule has 0 radical (unpaired) electrons. The van der Waals surface area contributed by atoms with Crippen molar-refractivity contribution in [2.24, 2.45) is 0 Å². The first-order valence-corrected chi connectivity index (χ1v) is 20.1. The highest BCUT2D eigenvalue weighted by atomic mass is 16.3. The minimum Gasteiger partial charge on any atom is -0.460 e. The van der Waals surface area contributed by atoms with Gasteiger partial charge in [0.15, 0.2) is 0 Å². The van der Waals surface area contributed by atoms with Gasteiger partial charge in [-0.1, -0.05) is 164 Å². The summed E-state index contributed by atoms with van der Waals surface area (Å²) in [7, 11) is 0. The third kappa shape index (κ3) is 4.40. The largest absolute Gasteiger partial charge is 0.460 e. The summed E-state index contributed by atoms with van der Waals surface area (Å²) in [6.07, 6.45) is 6.54. The van der Waals surface area contributed by atoms with Gasteiger partial charge in [-0.3, -0.25) is 0 Å². The summed E-state index contributed by atoms with van der Waals surface area (Å²) in [6.45, 7) is 0. The van der Waals surface area contributed by atoms with E-state index in [1.54, 1.807) is 0 Å². The van der Waals surface area contributed by atoms with E-state index >= 15 is 0 Å². The summed E-state index contributed by atoms with van der Waals surface area (Å²) >= 11 is 0. The van der Waals surface area contributed by atoms with E-state index in [1.165, 1.54) is 120 Å². The fourth-order valence-electron chi connectivity index (χ4n) is 10.3. The predicted octanol–water partition coefficient (Wildman–Crippen LogP) is 15.9. The Labute approximate surface area is 329 Å². The van der Waals surface area contributed by atoms with E-state index in [2.05, 4.69) is 182 Å². The molecule has 1 aliphatic carbocycles. The summed E-state index contributed by atoms with van der Waals surface area (Å²) < 4.78 is 6.41. The fraction of sp³-hybridized carbons (Fsp3) is 0.0357. The van der Waals surface area contributed by atoms with Gasteiger partial charge in [-0.25, -0.2) is 0 Å². The molecule has 1 aliphatic rings. The number of rotatable bonds is 3. The zero-order valence-corrected chi connectivity index (χ0v) is 31.1. The molecule has 1 heterocycles. The standard InChI is InChI=1S/C56H34O/c1-2-10-39-34(8-1)9-7-14-41(39)43-26-21-37-22-28-46-40(25-20-36-23-29-47(43)54(37)53(36)46)35-18-16-33(17-19-35)38-24-27-44-48-30-31-52-56(49-13-5-6-15-51(49)57-52)55(48)45-12-4-3-11-42(45)50(44)32-38/h1-5,7-14,16-32H,6,15H2. The number of hydrogen-bond donors (Lipinski definition) is 0. The highest BCUT2D eigenvalue weighted by molar-refractivity contribution is 6.32. The van der Waals surface area contributed by atoms with E-state index in [4.69, 9.17) is 4.42 Å². The van der Waals surface area contributed by atoms with Gasteiger partial charge in [0, 0.05) is 22.8 Å². The van der Waals surface area contributed by atoms with Crippen molar-refractivity contribution in [3.63, 3.8) is 0 Å². The lowest BCUT2D eigenvalue weighted by atomic mass is 9.86. The molecule has 13 rings (SSSR count). The molecular weight excluding hydrogens is 689 g/mol. The van der Waals surface area contributed by atoms with Gasteiger partial charge in [-0.05, 0) is 128 Å². The molecule has 0 amide bonds. The first-order valence-electron chi connectivity index (χ1n) is 20.1. The summed E-state index contributed by atoms with van der Waals surface area (Å²) in [6, 6.07) is 63.4. The van der Waals surface area contributed by atoms with Gasteiger partial charge >= 0.3 is 0 Å². The maximum atomic E-state index is 6.41. The van der Waals surface area contributed by atoms with Crippen LogP contribution >= 0.6 is 0 Å². The highest BCUT2D eigenvalue weighted by Crippen LogP contribution is 2.46. The Kier molecular flexibility index (Phi) is 6.34. The van der Waals surface area contributed by atoms with Gasteiger partial charge in [-0.2, -0.15) is 0 Å². The van der Waals surface area contributed by atoms with Crippen molar-refractivity contribution in [1.82, 2.24) is 0 Å². The molecule has 1 nitrogen and oxygen atoms in total. The van der Waals surface area contributed by atoms with Gasteiger partial charge in [-0.15, -0.1) is 0 Å². The quantitative estimate of drug-likeness (QED) is 0.166. The first-order chi connectivity index (χ1) is 28.3. The van der Waals surface area contributed by atoms with Crippen LogP contribution in [0.3, 0.4) is 0 Å². The smallest absolute Gasteiger partial charge is 0.135 e. The van der Waals surface area contributed by atoms with Crippen LogP contribution in [0.2, 0.25) is 0 Å². The zero-order chi connectivity index (χ0) is 37.2. The minimum atomic E-state index is 0.958. The number of fused-ring (bicyclic) bond motifs is 11. The number of hydrogen-bond acceptors (Lipinski definition) is 1. The van der Waals surface area contributed by atoms with Gasteiger partial charge in [0.2, 0.25) is 0 Å². The Bertz CT molecular complexity index is 3650. The van der Waals surface area contributed by atoms with Crippen LogP contribution in [0.25, 0.3) is 126 Å². The Balaban J connectivity index is 0.945. The van der Waals surface area contributed by atoms with Crippen molar-refractivity contribution in [3.8, 4) is 33.4 Å². The molecule has 0 saturated heterocycles. The number of allylic oxidation sites excluding steroid dienone is 1. The zero-order valence-electron chi connectivity index (χ0n) is 31.1. The van der Waals surface area contributed by atoms with Crippen LogP contribution in [0, 0.1) is 0 Å². The van der Waals surface area contributed by atoms with Crippen LogP contribution < -0.4 is 0 Å². The topological polar surface area (TPSA) is 13.1 Å². The van der Waals surface area contributed by atoms with E-state index < -0.39 is 0 Å². The lowest BCUT2D eigenvalue weighted by Gasteiger charge is -2.17. The van der Waals surface area contributed by atoms with E-state index in [1.807, 2.05) is 0 Å². The Morgan fingerprint density at radius 3 is 1.79 bits per heavy atom. The second-order valence-electron chi connectivity index (χ2n) is 15.8. The molecule has 0 atom stereocenters. The molecule has 0 N–H and O–H groups in total. The number of aryl methyl sites for hydroxylation is 1. The van der Waals surface area contributed by atoms with Crippen LogP contribution in [0.1, 0.15) is 17.7 Å². The normalized spacial score (nSPS) is 13.1. The lowest BCUT2D eigenvalue weighted by molar-refractivity contribution is 0.546. The molecule has 11 aromatic carbocycles. The number of benzene rings is 11. The second kappa shape index (κ2) is 11.6. The Morgan fingerprint density at radius 1 is 0.351 bits per heavy atom. The van der Waals surface area contributed by atoms with Crippen molar-refractivity contribution in [3.05, 3.63) is 187 Å². The van der Waals surface area contributed by atoms with Gasteiger partial charge < -0.3 is 4.42 Å². The average molecular weight is 723 g/mol. The van der Waals surface area contributed by atoms with E-state index in [0.29, 0.717) is 0 Å². The summed E-state index contributed by atoms with van der Waals surface area (Å²) in [4.78, 5) is 0. The molecule has 0 fully saturated rings. The maximum absolute atomic E-state index is 6.41. The van der Waals surface area contributed by atoms with Crippen LogP contribution in [-0.2, 0) is 6.42 Å². The highest BCUT2D eigenvalue weighted by Gasteiger charge is 2.21. The molecule has 0 bridgehead atoms. The van der Waals surface area contributed by atoms with Crippen molar-refractivity contribution in [1.29, 1.82) is 0 Å². The summed E-state index contributed by atoms with van der Waals surface area (Å²) in [5.74, 6) is 1.11. The molecule has 264 valence electrons. The molecule has 0 spiro atoms. The number of furan rings is 1. The van der Waals surface area contributed by atoms with Crippen molar-refractivity contribution < 1.29 is 4.42 Å². The average Bonchev–Trinajstić information content (AvgIpc) is 3.67. The summed E-state index contributed by atoms with van der Waals surface area (Å²) in [5, 5.41) is 19.3. The van der Waals surface area contributed by atoms with Crippen molar-refractivity contribution in [2.75, 3.05) is 0 Å². The SMILES string of the molecule is C1=Cc2c(oc3ccc4c5ccc(-c6ccc(-c7ccc8ccc9c(-c%10cccc%11ccccc%10%11)ccc%10ccc7c8c%109)cc6)cc5c5ccccc5c4c23)CC1. The van der Waals surface area contributed by atoms with E-state index in [0.717, 1.165) is 24.2 Å². The lowest BCUT2D eigenvalue weighted by Crippen LogP contribution is -1.90. The molecule has 0 unspecified atom stereocenters. The monoisotopic (exact) mass is 722 g/mol. The third-order valence-corrected chi connectivity index (χ3v) is 12.9. The van der Waals surface area contributed by atoms with E-state index in [-0.39, 0.29) is 0 Å². The first kappa shape index (κ1) is 31.0. The summed E-state index contributed by atoms with van der Waals surface area (Å²) in [5.41, 5.74) is 9.72. The van der Waals surface area contributed by atoms with E-state index in [9.17, 15) is 0 Å². The van der Waals surface area contributed by atoms with Crippen LogP contribution in [0.4, 0.5) is 0 Å². The van der Waals surface area contributed by atoms with Crippen LogP contribution in [0.15, 0.2) is 180 Å². The molecule has 0 saturated carbocycles. The molecule has 57 heavy (non-hydrogen) atoms. The Morgan fingerprint density at radius 2 is 0.947 bits per heavy atom.